The normalized spacial score (nSPS) is 14.5. The van der Waals surface area contributed by atoms with Gasteiger partial charge in [-0.25, -0.2) is 4.98 Å². The lowest BCUT2D eigenvalue weighted by atomic mass is 10.0. The fourth-order valence-electron chi connectivity index (χ4n) is 1.84. The largest absolute Gasteiger partial charge is 0.416 e. The van der Waals surface area contributed by atoms with Crippen LogP contribution in [0.5, 0.6) is 0 Å². The zero-order valence-corrected chi connectivity index (χ0v) is 13.3. The molecule has 0 aliphatic carbocycles. The van der Waals surface area contributed by atoms with Crippen molar-refractivity contribution in [3.63, 3.8) is 0 Å². The highest BCUT2D eigenvalue weighted by atomic mass is 32.2. The third kappa shape index (κ3) is 3.25. The Morgan fingerprint density at radius 2 is 2.14 bits per heavy atom. The summed E-state index contributed by atoms with van der Waals surface area (Å²) in [6.07, 6.45) is -2.69. The predicted molar refractivity (Wildman–Crippen MR) is 81.0 cm³/mol. The number of nitriles is 1. The van der Waals surface area contributed by atoms with Crippen LogP contribution in [0.4, 0.5) is 13.2 Å². The summed E-state index contributed by atoms with van der Waals surface area (Å²) < 4.78 is 38.6. The molecule has 0 bridgehead atoms. The molecule has 116 valence electrons. The maximum atomic E-state index is 12.7. The Balaban J connectivity index is 2.44. The minimum absolute atomic E-state index is 0.152. The van der Waals surface area contributed by atoms with Crippen molar-refractivity contribution in [2.24, 2.45) is 0 Å². The number of ketones is 1. The highest BCUT2D eigenvalue weighted by Crippen LogP contribution is 2.35. The van der Waals surface area contributed by atoms with Crippen molar-refractivity contribution in [3.8, 4) is 6.07 Å². The first kappa shape index (κ1) is 16.8. The summed E-state index contributed by atoms with van der Waals surface area (Å²) in [5, 5.41) is 9.08. The predicted octanol–water partition coefficient (Wildman–Crippen LogP) is 4.24. The second-order valence-electron chi connectivity index (χ2n) is 4.57. The van der Waals surface area contributed by atoms with Gasteiger partial charge in [0.15, 0.2) is 11.7 Å². The Morgan fingerprint density at radius 1 is 1.45 bits per heavy atom. The lowest BCUT2D eigenvalue weighted by Crippen LogP contribution is -2.20. The second kappa shape index (κ2) is 6.26. The molecule has 0 spiro atoms. The molecule has 0 amide bonds. The number of thioether (sulfide) groups is 1. The summed E-state index contributed by atoms with van der Waals surface area (Å²) in [5.41, 5.74) is -0.645. The quantitative estimate of drug-likeness (QED) is 0.832. The average molecular weight is 344 g/mol. The van der Waals surface area contributed by atoms with Gasteiger partial charge in [-0.05, 0) is 31.4 Å². The topological polar surface area (TPSA) is 53.8 Å². The van der Waals surface area contributed by atoms with Gasteiger partial charge in [0.25, 0.3) is 0 Å². The monoisotopic (exact) mass is 344 g/mol. The number of hydrogen-bond acceptors (Lipinski definition) is 5. The molecule has 0 radical (unpaired) electrons. The van der Waals surface area contributed by atoms with Crippen LogP contribution in [0.25, 0.3) is 10.2 Å². The van der Waals surface area contributed by atoms with E-state index in [-0.39, 0.29) is 21.6 Å². The number of Topliss-reactive ketones (excluding diaryl/α,β-unsaturated/α-hetero) is 1. The molecule has 0 aliphatic heterocycles. The molecule has 2 rings (SSSR count). The SMILES string of the molecule is CS[C@@H](C)C(=O)[C@H](C#N)c1nc2cc(C(F)(F)F)ccc2s1. The number of alkyl halides is 3. The number of hydrogen-bond donors (Lipinski definition) is 0. The Labute approximate surface area is 133 Å². The van der Waals surface area contributed by atoms with Crippen LogP contribution in [-0.4, -0.2) is 22.3 Å². The molecule has 0 saturated carbocycles. The highest BCUT2D eigenvalue weighted by Gasteiger charge is 2.32. The summed E-state index contributed by atoms with van der Waals surface area (Å²) in [6, 6.07) is 5.12. The first-order valence-electron chi connectivity index (χ1n) is 6.21. The number of halogens is 3. The summed E-state index contributed by atoms with van der Waals surface area (Å²) >= 11 is 2.39. The van der Waals surface area contributed by atoms with Crippen LogP contribution >= 0.6 is 23.1 Å². The van der Waals surface area contributed by atoms with E-state index < -0.39 is 17.7 Å². The molecule has 0 unspecified atom stereocenters. The highest BCUT2D eigenvalue weighted by molar-refractivity contribution is 7.99. The zero-order chi connectivity index (χ0) is 16.5. The van der Waals surface area contributed by atoms with Crippen molar-refractivity contribution in [3.05, 3.63) is 28.8 Å². The van der Waals surface area contributed by atoms with Gasteiger partial charge < -0.3 is 0 Å². The van der Waals surface area contributed by atoms with Crippen LogP contribution in [0.15, 0.2) is 18.2 Å². The first-order chi connectivity index (χ1) is 10.3. The van der Waals surface area contributed by atoms with Gasteiger partial charge in [-0.15, -0.1) is 11.3 Å². The van der Waals surface area contributed by atoms with Crippen LogP contribution in [0.3, 0.4) is 0 Å². The Kier molecular flexibility index (Phi) is 4.78. The van der Waals surface area contributed by atoms with Crippen molar-refractivity contribution in [2.75, 3.05) is 6.26 Å². The van der Waals surface area contributed by atoms with Gasteiger partial charge in [0.1, 0.15) is 5.01 Å². The first-order valence-corrected chi connectivity index (χ1v) is 8.32. The molecule has 8 heteroatoms. The minimum Gasteiger partial charge on any atom is -0.296 e. The number of carbonyl (C=O) groups is 1. The molecule has 1 aromatic heterocycles. The van der Waals surface area contributed by atoms with Gasteiger partial charge in [0, 0.05) is 0 Å². The fourth-order valence-corrected chi connectivity index (χ4v) is 3.21. The van der Waals surface area contributed by atoms with Crippen LogP contribution in [-0.2, 0) is 11.0 Å². The molecule has 0 aliphatic rings. The molecule has 22 heavy (non-hydrogen) atoms. The van der Waals surface area contributed by atoms with Gasteiger partial charge in [-0.2, -0.15) is 30.2 Å². The second-order valence-corrected chi connectivity index (χ2v) is 6.82. The van der Waals surface area contributed by atoms with E-state index in [1.54, 1.807) is 13.2 Å². The molecule has 3 nitrogen and oxygen atoms in total. The average Bonchev–Trinajstić information content (AvgIpc) is 2.88. The zero-order valence-electron chi connectivity index (χ0n) is 11.6. The summed E-state index contributed by atoms with van der Waals surface area (Å²) in [4.78, 5) is 16.2. The lowest BCUT2D eigenvalue weighted by Gasteiger charge is -2.09. The smallest absolute Gasteiger partial charge is 0.296 e. The summed E-state index contributed by atoms with van der Waals surface area (Å²) in [6.45, 7) is 1.69. The number of benzene rings is 1. The van der Waals surface area contributed by atoms with E-state index in [4.69, 9.17) is 0 Å². The molecule has 1 aromatic carbocycles. The lowest BCUT2D eigenvalue weighted by molar-refractivity contribution is -0.137. The molecule has 2 aromatic rings. The van der Waals surface area contributed by atoms with Crippen LogP contribution in [0.1, 0.15) is 23.4 Å². The fraction of sp³-hybridized carbons (Fsp3) is 0.357. The van der Waals surface area contributed by atoms with Crippen molar-refractivity contribution >= 4 is 39.1 Å². The van der Waals surface area contributed by atoms with Crippen molar-refractivity contribution in [2.45, 2.75) is 24.3 Å². The molecular formula is C14H11F3N2OS2. The molecule has 0 saturated heterocycles. The maximum Gasteiger partial charge on any atom is 0.416 e. The Morgan fingerprint density at radius 3 is 2.68 bits per heavy atom. The molecule has 1 heterocycles. The number of aromatic nitrogens is 1. The van der Waals surface area contributed by atoms with E-state index in [0.29, 0.717) is 4.70 Å². The maximum absolute atomic E-state index is 12.7. The number of nitrogens with zero attached hydrogens (tertiary/aromatic N) is 2. The van der Waals surface area contributed by atoms with E-state index in [2.05, 4.69) is 4.98 Å². The summed E-state index contributed by atoms with van der Waals surface area (Å²) in [5.74, 6) is -1.33. The van der Waals surface area contributed by atoms with Crippen LogP contribution in [0, 0.1) is 11.3 Å². The number of carbonyl (C=O) groups excluding carboxylic acids is 1. The van der Waals surface area contributed by atoms with Gasteiger partial charge in [0.2, 0.25) is 0 Å². The number of thiazole rings is 1. The minimum atomic E-state index is -4.45. The van der Waals surface area contributed by atoms with Gasteiger partial charge in [-0.3, -0.25) is 4.79 Å². The third-order valence-corrected chi connectivity index (χ3v) is 5.19. The van der Waals surface area contributed by atoms with Crippen LogP contribution in [0.2, 0.25) is 0 Å². The van der Waals surface area contributed by atoms with Crippen molar-refractivity contribution in [1.29, 1.82) is 5.26 Å². The Hall–Kier alpha value is -1.59. The van der Waals surface area contributed by atoms with E-state index in [1.165, 1.54) is 17.8 Å². The number of fused-ring (bicyclic) bond motifs is 1. The van der Waals surface area contributed by atoms with E-state index in [0.717, 1.165) is 23.5 Å². The molecular weight excluding hydrogens is 333 g/mol. The van der Waals surface area contributed by atoms with Gasteiger partial charge in [-0.1, -0.05) is 0 Å². The molecule has 2 atom stereocenters. The third-order valence-electron chi connectivity index (χ3n) is 3.15. The van der Waals surface area contributed by atoms with E-state index in [1.807, 2.05) is 6.07 Å². The Bertz CT molecular complexity index is 749. The standard InChI is InChI=1S/C14H11F3N2OS2/c1-7(21-2)12(20)9(6-18)13-19-10-5-8(14(15,16)17)3-4-11(10)22-13/h3-5,7,9H,1-2H3/t7-,9-/m0/s1. The molecule has 0 fully saturated rings. The van der Waals surface area contributed by atoms with E-state index >= 15 is 0 Å². The van der Waals surface area contributed by atoms with E-state index in [9.17, 15) is 23.2 Å². The van der Waals surface area contributed by atoms with Gasteiger partial charge in [0.05, 0.1) is 27.1 Å². The van der Waals surface area contributed by atoms with Crippen molar-refractivity contribution in [1.82, 2.24) is 4.98 Å². The van der Waals surface area contributed by atoms with Crippen LogP contribution < -0.4 is 0 Å². The van der Waals surface area contributed by atoms with Crippen molar-refractivity contribution < 1.29 is 18.0 Å². The van der Waals surface area contributed by atoms with Gasteiger partial charge >= 0.3 is 6.18 Å². The number of rotatable bonds is 4. The molecule has 0 N–H and O–H groups in total. The summed E-state index contributed by atoms with van der Waals surface area (Å²) in [7, 11) is 0.